The molecule has 1 aliphatic heterocycles. The van der Waals surface area contributed by atoms with Crippen LogP contribution in [-0.4, -0.2) is 13.2 Å². The van der Waals surface area contributed by atoms with Gasteiger partial charge >= 0.3 is 0 Å². The van der Waals surface area contributed by atoms with Crippen molar-refractivity contribution in [1.29, 1.82) is 0 Å². The molecule has 0 aromatic heterocycles. The summed E-state index contributed by atoms with van der Waals surface area (Å²) in [6.07, 6.45) is 0.681. The van der Waals surface area contributed by atoms with Gasteiger partial charge in [-0.3, -0.25) is 0 Å². The molecular formula is C16H14Cl2O2. The average Bonchev–Trinajstić information content (AvgIpc) is 2.49. The number of hydrogen-bond acceptors (Lipinski definition) is 2. The lowest BCUT2D eigenvalue weighted by atomic mass is 10.0. The molecule has 0 radical (unpaired) electrons. The first-order valence-corrected chi connectivity index (χ1v) is 7.32. The van der Waals surface area contributed by atoms with E-state index in [1.807, 2.05) is 42.5 Å². The third-order valence-electron chi connectivity index (χ3n) is 3.28. The van der Waals surface area contributed by atoms with E-state index in [1.165, 1.54) is 0 Å². The number of rotatable bonds is 3. The molecule has 3 rings (SSSR count). The van der Waals surface area contributed by atoms with Gasteiger partial charge in [-0.15, -0.1) is 11.6 Å². The SMILES string of the molecule is Clc1ccccc1CC(Cl)c1ccc2c(c1)OCCO2. The molecule has 1 unspecified atom stereocenters. The Kier molecular flexibility index (Phi) is 4.04. The van der Waals surface area contributed by atoms with Gasteiger partial charge < -0.3 is 9.47 Å². The summed E-state index contributed by atoms with van der Waals surface area (Å²) in [5.41, 5.74) is 2.06. The van der Waals surface area contributed by atoms with Crippen molar-refractivity contribution in [2.75, 3.05) is 13.2 Å². The Morgan fingerprint density at radius 1 is 1.00 bits per heavy atom. The Morgan fingerprint density at radius 3 is 2.55 bits per heavy atom. The zero-order valence-corrected chi connectivity index (χ0v) is 12.3. The normalized spacial score (nSPS) is 14.9. The van der Waals surface area contributed by atoms with Crippen molar-refractivity contribution in [3.8, 4) is 11.5 Å². The first kappa shape index (κ1) is 13.6. The second-order valence-corrected chi connectivity index (χ2v) is 5.60. The van der Waals surface area contributed by atoms with Gasteiger partial charge in [0.15, 0.2) is 11.5 Å². The van der Waals surface area contributed by atoms with Gasteiger partial charge in [0, 0.05) is 5.02 Å². The summed E-state index contributed by atoms with van der Waals surface area (Å²) < 4.78 is 11.1. The molecule has 0 spiro atoms. The Morgan fingerprint density at radius 2 is 1.75 bits per heavy atom. The van der Waals surface area contributed by atoms with Gasteiger partial charge in [-0.1, -0.05) is 35.9 Å². The lowest BCUT2D eigenvalue weighted by Crippen LogP contribution is -2.15. The molecule has 0 saturated heterocycles. The molecule has 2 aromatic rings. The largest absolute Gasteiger partial charge is 0.486 e. The smallest absolute Gasteiger partial charge is 0.161 e. The summed E-state index contributed by atoms with van der Waals surface area (Å²) >= 11 is 12.7. The van der Waals surface area contributed by atoms with Crippen LogP contribution in [0.15, 0.2) is 42.5 Å². The minimum Gasteiger partial charge on any atom is -0.486 e. The van der Waals surface area contributed by atoms with Gasteiger partial charge in [0.25, 0.3) is 0 Å². The van der Waals surface area contributed by atoms with E-state index in [0.717, 1.165) is 27.6 Å². The molecule has 20 heavy (non-hydrogen) atoms. The van der Waals surface area contributed by atoms with Crippen molar-refractivity contribution in [1.82, 2.24) is 0 Å². The molecular weight excluding hydrogens is 295 g/mol. The monoisotopic (exact) mass is 308 g/mol. The molecule has 0 amide bonds. The van der Waals surface area contributed by atoms with Gasteiger partial charge in [-0.05, 0) is 35.7 Å². The summed E-state index contributed by atoms with van der Waals surface area (Å²) in [4.78, 5) is 0. The Labute approximate surface area is 128 Å². The van der Waals surface area contributed by atoms with Crippen molar-refractivity contribution < 1.29 is 9.47 Å². The maximum Gasteiger partial charge on any atom is 0.161 e. The minimum atomic E-state index is -0.147. The van der Waals surface area contributed by atoms with Gasteiger partial charge in [-0.2, -0.15) is 0 Å². The number of fused-ring (bicyclic) bond motifs is 1. The number of halogens is 2. The first-order valence-electron chi connectivity index (χ1n) is 6.51. The Bertz CT molecular complexity index is 613. The Hall–Kier alpha value is -1.38. The summed E-state index contributed by atoms with van der Waals surface area (Å²) in [5, 5.41) is 0.599. The number of ether oxygens (including phenoxy) is 2. The van der Waals surface area contributed by atoms with Gasteiger partial charge in [-0.25, -0.2) is 0 Å². The average molecular weight is 309 g/mol. The van der Waals surface area contributed by atoms with Crippen LogP contribution in [0.1, 0.15) is 16.5 Å². The fourth-order valence-electron chi connectivity index (χ4n) is 2.23. The molecule has 4 heteroatoms. The molecule has 0 fully saturated rings. The fraction of sp³-hybridized carbons (Fsp3) is 0.250. The van der Waals surface area contributed by atoms with Crippen LogP contribution in [0.3, 0.4) is 0 Å². The van der Waals surface area contributed by atoms with E-state index in [-0.39, 0.29) is 5.38 Å². The van der Waals surface area contributed by atoms with Crippen LogP contribution in [0.2, 0.25) is 5.02 Å². The third kappa shape index (κ3) is 2.87. The van der Waals surface area contributed by atoms with E-state index >= 15 is 0 Å². The van der Waals surface area contributed by atoms with Crippen molar-refractivity contribution in [3.63, 3.8) is 0 Å². The maximum absolute atomic E-state index is 6.50. The van der Waals surface area contributed by atoms with Crippen LogP contribution in [0, 0.1) is 0 Å². The second-order valence-electron chi connectivity index (χ2n) is 4.67. The molecule has 0 aliphatic carbocycles. The van der Waals surface area contributed by atoms with Crippen LogP contribution in [0.5, 0.6) is 11.5 Å². The van der Waals surface area contributed by atoms with E-state index in [0.29, 0.717) is 19.6 Å². The zero-order chi connectivity index (χ0) is 13.9. The fourth-order valence-corrected chi connectivity index (χ4v) is 2.74. The van der Waals surface area contributed by atoms with E-state index in [2.05, 4.69) is 0 Å². The van der Waals surface area contributed by atoms with E-state index in [4.69, 9.17) is 32.7 Å². The molecule has 2 aromatic carbocycles. The highest BCUT2D eigenvalue weighted by molar-refractivity contribution is 6.31. The van der Waals surface area contributed by atoms with Crippen LogP contribution < -0.4 is 9.47 Å². The molecule has 2 nitrogen and oxygen atoms in total. The van der Waals surface area contributed by atoms with Crippen LogP contribution >= 0.6 is 23.2 Å². The van der Waals surface area contributed by atoms with E-state index in [1.54, 1.807) is 0 Å². The minimum absolute atomic E-state index is 0.147. The van der Waals surface area contributed by atoms with Crippen molar-refractivity contribution in [2.24, 2.45) is 0 Å². The third-order valence-corrected chi connectivity index (χ3v) is 4.06. The van der Waals surface area contributed by atoms with Crippen molar-refractivity contribution in [3.05, 3.63) is 58.6 Å². The highest BCUT2D eigenvalue weighted by Gasteiger charge is 2.16. The van der Waals surface area contributed by atoms with Crippen LogP contribution in [0.4, 0.5) is 0 Å². The predicted octanol–water partition coefficient (Wildman–Crippen LogP) is 4.63. The number of hydrogen-bond donors (Lipinski definition) is 0. The topological polar surface area (TPSA) is 18.5 Å². The van der Waals surface area contributed by atoms with Gasteiger partial charge in [0.2, 0.25) is 0 Å². The predicted molar refractivity (Wildman–Crippen MR) is 81.2 cm³/mol. The molecule has 1 aliphatic rings. The lowest BCUT2D eigenvalue weighted by molar-refractivity contribution is 0.171. The Balaban J connectivity index is 1.80. The highest BCUT2D eigenvalue weighted by Crippen LogP contribution is 2.36. The summed E-state index contributed by atoms with van der Waals surface area (Å²) in [6.45, 7) is 1.17. The molecule has 0 saturated carbocycles. The number of alkyl halides is 1. The van der Waals surface area contributed by atoms with E-state index in [9.17, 15) is 0 Å². The van der Waals surface area contributed by atoms with Crippen LogP contribution in [-0.2, 0) is 6.42 Å². The van der Waals surface area contributed by atoms with E-state index < -0.39 is 0 Å². The maximum atomic E-state index is 6.50. The first-order chi connectivity index (χ1) is 9.74. The molecule has 1 heterocycles. The number of benzene rings is 2. The van der Waals surface area contributed by atoms with Crippen molar-refractivity contribution in [2.45, 2.75) is 11.8 Å². The summed E-state index contributed by atoms with van der Waals surface area (Å²) in [5.74, 6) is 1.54. The zero-order valence-electron chi connectivity index (χ0n) is 10.8. The van der Waals surface area contributed by atoms with Crippen LogP contribution in [0.25, 0.3) is 0 Å². The summed E-state index contributed by atoms with van der Waals surface area (Å²) in [7, 11) is 0. The molecule has 104 valence electrons. The quantitative estimate of drug-likeness (QED) is 0.769. The second kappa shape index (κ2) is 5.94. The molecule has 1 atom stereocenters. The lowest BCUT2D eigenvalue weighted by Gasteiger charge is -2.20. The highest BCUT2D eigenvalue weighted by atomic mass is 35.5. The molecule has 0 N–H and O–H groups in total. The summed E-state index contributed by atoms with van der Waals surface area (Å²) in [6, 6.07) is 13.6. The van der Waals surface area contributed by atoms with Gasteiger partial charge in [0.05, 0.1) is 5.38 Å². The standard InChI is InChI=1S/C16H14Cl2O2/c17-13-4-2-1-3-11(13)9-14(18)12-5-6-15-16(10-12)20-8-7-19-15/h1-6,10,14H,7-9H2. The van der Waals surface area contributed by atoms with Gasteiger partial charge in [0.1, 0.15) is 13.2 Å². The molecule has 0 bridgehead atoms. The van der Waals surface area contributed by atoms with Crippen molar-refractivity contribution >= 4 is 23.2 Å².